The Morgan fingerprint density at radius 1 is 1.22 bits per heavy atom. The summed E-state index contributed by atoms with van der Waals surface area (Å²) in [6.07, 6.45) is 0.0779. The van der Waals surface area contributed by atoms with E-state index < -0.39 is 12.1 Å². The minimum absolute atomic E-state index is 0.0986. The van der Waals surface area contributed by atoms with Crippen LogP contribution >= 0.6 is 11.3 Å². The summed E-state index contributed by atoms with van der Waals surface area (Å²) in [6, 6.07) is 7.30. The van der Waals surface area contributed by atoms with Gasteiger partial charge >= 0.3 is 12.1 Å². The lowest BCUT2D eigenvalue weighted by molar-refractivity contribution is -0.192. The number of alkyl halides is 3. The van der Waals surface area contributed by atoms with Crippen LogP contribution < -0.4 is 5.32 Å². The molecule has 3 rings (SSSR count). The van der Waals surface area contributed by atoms with Gasteiger partial charge in [-0.3, -0.25) is 9.78 Å². The molecule has 8 nitrogen and oxygen atoms in total. The predicted octanol–water partition coefficient (Wildman–Crippen LogP) is 2.29. The average molecular weight is 399 g/mol. The number of aliphatic carboxylic acids is 1. The predicted molar refractivity (Wildman–Crippen MR) is 88.3 cm³/mol. The highest BCUT2D eigenvalue weighted by atomic mass is 32.1. The monoisotopic (exact) mass is 399 g/mol. The number of thiophene rings is 1. The van der Waals surface area contributed by atoms with Crippen LogP contribution in [0.5, 0.6) is 0 Å². The fourth-order valence-electron chi connectivity index (χ4n) is 1.67. The van der Waals surface area contributed by atoms with Crippen LogP contribution in [0.2, 0.25) is 0 Å². The summed E-state index contributed by atoms with van der Waals surface area (Å²) in [7, 11) is 0. The number of aromatic nitrogens is 4. The molecule has 12 heteroatoms. The topological polar surface area (TPSA) is 110 Å². The van der Waals surface area contributed by atoms with Crippen LogP contribution in [0.1, 0.15) is 15.4 Å². The van der Waals surface area contributed by atoms with Gasteiger partial charge in [0.05, 0.1) is 23.3 Å². The molecule has 3 heterocycles. The van der Waals surface area contributed by atoms with E-state index >= 15 is 0 Å². The maximum atomic E-state index is 11.8. The number of carboxylic acid groups (broad SMARTS) is 1. The maximum absolute atomic E-state index is 11.8. The van der Waals surface area contributed by atoms with E-state index in [1.54, 1.807) is 29.3 Å². The Labute approximate surface area is 154 Å². The molecule has 3 aromatic heterocycles. The second kappa shape index (κ2) is 8.89. The van der Waals surface area contributed by atoms with E-state index in [9.17, 15) is 18.0 Å². The van der Waals surface area contributed by atoms with E-state index in [0.717, 1.165) is 5.69 Å². The molecule has 0 aliphatic rings. The number of carboxylic acids is 1. The summed E-state index contributed by atoms with van der Waals surface area (Å²) in [5.74, 6) is -2.86. The van der Waals surface area contributed by atoms with E-state index in [0.29, 0.717) is 17.1 Å². The molecule has 3 aromatic rings. The highest BCUT2D eigenvalue weighted by molar-refractivity contribution is 7.12. The number of amides is 1. The molecule has 0 spiro atoms. The number of carbonyl (C=O) groups is 2. The first kappa shape index (κ1) is 20.0. The third-order valence-corrected chi connectivity index (χ3v) is 3.75. The van der Waals surface area contributed by atoms with Crippen LogP contribution in [0.3, 0.4) is 0 Å². The second-order valence-corrected chi connectivity index (χ2v) is 5.77. The zero-order valence-electron chi connectivity index (χ0n) is 13.4. The summed E-state index contributed by atoms with van der Waals surface area (Å²) in [5.41, 5.74) is 1.58. The molecule has 0 radical (unpaired) electrons. The summed E-state index contributed by atoms with van der Waals surface area (Å²) in [6.45, 7) is 0.349. The van der Waals surface area contributed by atoms with Gasteiger partial charge in [0.25, 0.3) is 5.91 Å². The standard InChI is InChI=1S/C13H11N5OS.C2HF3O2/c19-13(12-2-1-7-20-12)15-8-10-9-18(17-16-10)11-3-5-14-6-4-11;3-2(4,5)1(6)7/h1-7,9H,8H2,(H,15,19);(H,6,7). The van der Waals surface area contributed by atoms with Crippen molar-refractivity contribution in [2.45, 2.75) is 12.7 Å². The van der Waals surface area contributed by atoms with Crippen LogP contribution in [-0.4, -0.2) is 43.1 Å². The summed E-state index contributed by atoms with van der Waals surface area (Å²) in [4.78, 5) is 25.3. The van der Waals surface area contributed by atoms with Gasteiger partial charge in [0.15, 0.2) is 0 Å². The van der Waals surface area contributed by atoms with Crippen molar-refractivity contribution >= 4 is 23.2 Å². The zero-order valence-corrected chi connectivity index (χ0v) is 14.2. The first-order valence-electron chi connectivity index (χ1n) is 7.21. The minimum atomic E-state index is -5.08. The SMILES string of the molecule is O=C(NCc1cn(-c2ccncc2)nn1)c1cccs1.O=C(O)C(F)(F)F. The van der Waals surface area contributed by atoms with Crippen LogP contribution in [0.4, 0.5) is 13.2 Å². The molecule has 2 N–H and O–H groups in total. The second-order valence-electron chi connectivity index (χ2n) is 4.82. The molecule has 0 saturated carbocycles. The maximum Gasteiger partial charge on any atom is 0.490 e. The lowest BCUT2D eigenvalue weighted by Gasteiger charge is -2.00. The van der Waals surface area contributed by atoms with Crippen LogP contribution in [0.25, 0.3) is 5.69 Å². The lowest BCUT2D eigenvalue weighted by Crippen LogP contribution is -2.21. The highest BCUT2D eigenvalue weighted by Crippen LogP contribution is 2.13. The van der Waals surface area contributed by atoms with Crippen molar-refractivity contribution in [3.05, 3.63) is 58.8 Å². The molecular formula is C15H12F3N5O3S. The summed E-state index contributed by atoms with van der Waals surface area (Å²) < 4.78 is 33.4. The van der Waals surface area contributed by atoms with Crippen LogP contribution in [0.15, 0.2) is 48.2 Å². The zero-order chi connectivity index (χ0) is 19.9. The minimum Gasteiger partial charge on any atom is -0.475 e. The third-order valence-electron chi connectivity index (χ3n) is 2.89. The number of nitrogens with zero attached hydrogens (tertiary/aromatic N) is 4. The number of hydrogen-bond acceptors (Lipinski definition) is 6. The molecule has 0 fully saturated rings. The number of hydrogen-bond donors (Lipinski definition) is 2. The first-order valence-corrected chi connectivity index (χ1v) is 8.09. The molecule has 1 amide bonds. The third kappa shape index (κ3) is 6.18. The van der Waals surface area contributed by atoms with Gasteiger partial charge < -0.3 is 10.4 Å². The number of carbonyl (C=O) groups excluding carboxylic acids is 1. The van der Waals surface area contributed by atoms with E-state index in [-0.39, 0.29) is 5.91 Å². The lowest BCUT2D eigenvalue weighted by atomic mass is 10.4. The van der Waals surface area contributed by atoms with Crippen molar-refractivity contribution in [1.82, 2.24) is 25.3 Å². The molecule has 0 aliphatic carbocycles. The van der Waals surface area contributed by atoms with Crippen molar-refractivity contribution in [2.75, 3.05) is 0 Å². The Hall–Kier alpha value is -3.28. The molecule has 0 aliphatic heterocycles. The fraction of sp³-hybridized carbons (Fsp3) is 0.133. The van der Waals surface area contributed by atoms with E-state index in [4.69, 9.17) is 9.90 Å². The molecule has 0 bridgehead atoms. The summed E-state index contributed by atoms with van der Waals surface area (Å²) in [5, 5.41) is 19.8. The van der Waals surface area contributed by atoms with Crippen molar-refractivity contribution < 1.29 is 27.9 Å². The number of halogens is 3. The Bertz CT molecular complexity index is 882. The number of pyridine rings is 1. The van der Waals surface area contributed by atoms with Gasteiger partial charge in [-0.25, -0.2) is 9.48 Å². The van der Waals surface area contributed by atoms with Gasteiger partial charge in [-0.05, 0) is 23.6 Å². The van der Waals surface area contributed by atoms with Crippen molar-refractivity contribution in [2.24, 2.45) is 0 Å². The quantitative estimate of drug-likeness (QED) is 0.697. The molecule has 0 saturated heterocycles. The van der Waals surface area contributed by atoms with Gasteiger partial charge in [0.2, 0.25) is 0 Å². The Morgan fingerprint density at radius 3 is 2.44 bits per heavy atom. The van der Waals surface area contributed by atoms with Crippen molar-refractivity contribution in [1.29, 1.82) is 0 Å². The molecule has 0 unspecified atom stereocenters. The molecular weight excluding hydrogens is 387 g/mol. The molecule has 27 heavy (non-hydrogen) atoms. The van der Waals surface area contributed by atoms with Crippen LogP contribution in [0, 0.1) is 0 Å². The Kier molecular flexibility index (Phi) is 6.60. The normalized spacial score (nSPS) is 10.6. The molecule has 142 valence electrons. The average Bonchev–Trinajstić information content (AvgIpc) is 3.32. The fourth-order valence-corrected chi connectivity index (χ4v) is 2.31. The van der Waals surface area contributed by atoms with Gasteiger partial charge in [-0.15, -0.1) is 16.4 Å². The highest BCUT2D eigenvalue weighted by Gasteiger charge is 2.38. The van der Waals surface area contributed by atoms with Crippen molar-refractivity contribution in [3.8, 4) is 5.69 Å². The first-order chi connectivity index (χ1) is 12.8. The number of nitrogens with one attached hydrogen (secondary N) is 1. The van der Waals surface area contributed by atoms with Gasteiger partial charge in [0, 0.05) is 12.4 Å². The van der Waals surface area contributed by atoms with Gasteiger partial charge in [-0.2, -0.15) is 13.2 Å². The molecule has 0 atom stereocenters. The van der Waals surface area contributed by atoms with E-state index in [2.05, 4.69) is 20.6 Å². The van der Waals surface area contributed by atoms with Gasteiger partial charge in [-0.1, -0.05) is 11.3 Å². The molecule has 0 aromatic carbocycles. The Morgan fingerprint density at radius 2 is 1.89 bits per heavy atom. The largest absolute Gasteiger partial charge is 0.490 e. The summed E-state index contributed by atoms with van der Waals surface area (Å²) >= 11 is 1.41. The number of rotatable bonds is 4. The van der Waals surface area contributed by atoms with E-state index in [1.165, 1.54) is 11.3 Å². The smallest absolute Gasteiger partial charge is 0.475 e. The van der Waals surface area contributed by atoms with Gasteiger partial charge in [0.1, 0.15) is 5.69 Å². The van der Waals surface area contributed by atoms with Crippen LogP contribution in [-0.2, 0) is 11.3 Å². The van der Waals surface area contributed by atoms with Crippen molar-refractivity contribution in [3.63, 3.8) is 0 Å². The Balaban J connectivity index is 0.000000321. The van der Waals surface area contributed by atoms with E-state index in [1.807, 2.05) is 23.6 Å².